The van der Waals surface area contributed by atoms with Crippen LogP contribution in [0.25, 0.3) is 56.1 Å². The third-order valence-electron chi connectivity index (χ3n) is 5.41. The number of furan rings is 1. The molecule has 0 fully saturated rings. The molecule has 0 aliphatic carbocycles. The summed E-state index contributed by atoms with van der Waals surface area (Å²) in [5, 5.41) is 2.06. The molecule has 0 N–H and O–H groups in total. The van der Waals surface area contributed by atoms with E-state index in [9.17, 15) is 0 Å². The summed E-state index contributed by atoms with van der Waals surface area (Å²) in [6.07, 6.45) is 0. The normalized spacial score (nSPS) is 11.3. The smallest absolute Gasteiger partial charge is 0.164 e. The second kappa shape index (κ2) is 7.70. The van der Waals surface area contributed by atoms with Crippen LogP contribution in [0, 0.1) is 0 Å². The van der Waals surface area contributed by atoms with Gasteiger partial charge >= 0.3 is 0 Å². The van der Waals surface area contributed by atoms with Crippen LogP contribution >= 0.6 is 15.9 Å². The zero-order valence-corrected chi connectivity index (χ0v) is 18.5. The average molecular weight is 478 g/mol. The molecule has 0 amide bonds. The minimum absolute atomic E-state index is 0.619. The lowest BCUT2D eigenvalue weighted by Crippen LogP contribution is -2.00. The molecule has 0 saturated carbocycles. The number of halogens is 1. The van der Waals surface area contributed by atoms with Crippen LogP contribution < -0.4 is 0 Å². The molecule has 0 radical (unpaired) electrons. The number of rotatable bonds is 3. The van der Waals surface area contributed by atoms with Gasteiger partial charge in [-0.3, -0.25) is 0 Å². The minimum Gasteiger partial charge on any atom is -0.456 e. The molecule has 0 aliphatic heterocycles. The van der Waals surface area contributed by atoms with E-state index in [4.69, 9.17) is 19.4 Å². The van der Waals surface area contributed by atoms with Crippen molar-refractivity contribution in [1.29, 1.82) is 0 Å². The van der Waals surface area contributed by atoms with E-state index >= 15 is 0 Å². The highest BCUT2D eigenvalue weighted by Gasteiger charge is 2.17. The summed E-state index contributed by atoms with van der Waals surface area (Å²) >= 11 is 3.50. The first-order chi connectivity index (χ1) is 15.8. The molecule has 0 atom stereocenters. The van der Waals surface area contributed by atoms with Gasteiger partial charge in [0, 0.05) is 31.9 Å². The second-order valence-corrected chi connectivity index (χ2v) is 8.37. The zero-order valence-electron chi connectivity index (χ0n) is 16.9. The fourth-order valence-electron chi connectivity index (χ4n) is 3.90. The van der Waals surface area contributed by atoms with Gasteiger partial charge in [-0.1, -0.05) is 88.7 Å². The maximum absolute atomic E-state index is 6.08. The van der Waals surface area contributed by atoms with Crippen molar-refractivity contribution in [3.05, 3.63) is 102 Å². The van der Waals surface area contributed by atoms with E-state index < -0.39 is 0 Å². The third kappa shape index (κ3) is 3.27. The van der Waals surface area contributed by atoms with Crippen molar-refractivity contribution in [2.75, 3.05) is 0 Å². The molecule has 6 rings (SSSR count). The fourth-order valence-corrected chi connectivity index (χ4v) is 4.17. The van der Waals surface area contributed by atoms with Gasteiger partial charge in [0.25, 0.3) is 0 Å². The molecule has 0 aliphatic rings. The number of hydrogen-bond donors (Lipinski definition) is 0. The van der Waals surface area contributed by atoms with E-state index in [1.54, 1.807) is 0 Å². The number of benzene rings is 4. The van der Waals surface area contributed by atoms with E-state index in [1.807, 2.05) is 91.0 Å². The van der Waals surface area contributed by atoms with Gasteiger partial charge in [-0.2, -0.15) is 0 Å². The summed E-state index contributed by atoms with van der Waals surface area (Å²) < 4.78 is 7.09. The molecule has 2 aromatic heterocycles. The van der Waals surface area contributed by atoms with Crippen LogP contribution in [0.1, 0.15) is 0 Å². The summed E-state index contributed by atoms with van der Waals surface area (Å²) in [4.78, 5) is 14.6. The molecule has 6 aromatic rings. The first kappa shape index (κ1) is 18.9. The monoisotopic (exact) mass is 477 g/mol. The Morgan fingerprint density at radius 1 is 0.531 bits per heavy atom. The van der Waals surface area contributed by atoms with Crippen molar-refractivity contribution in [1.82, 2.24) is 15.0 Å². The van der Waals surface area contributed by atoms with Crippen molar-refractivity contribution in [2.45, 2.75) is 0 Å². The van der Waals surface area contributed by atoms with Gasteiger partial charge in [-0.25, -0.2) is 15.0 Å². The lowest BCUT2D eigenvalue weighted by Gasteiger charge is -2.09. The fraction of sp³-hybridized carbons (Fsp3) is 0. The van der Waals surface area contributed by atoms with E-state index in [0.29, 0.717) is 17.5 Å². The predicted molar refractivity (Wildman–Crippen MR) is 131 cm³/mol. The van der Waals surface area contributed by atoms with Crippen LogP contribution in [0.4, 0.5) is 0 Å². The van der Waals surface area contributed by atoms with Crippen LogP contribution in [0.5, 0.6) is 0 Å². The Morgan fingerprint density at radius 2 is 1.16 bits per heavy atom. The van der Waals surface area contributed by atoms with Gasteiger partial charge in [0.2, 0.25) is 0 Å². The van der Waals surface area contributed by atoms with Gasteiger partial charge in [0.1, 0.15) is 11.2 Å². The summed E-state index contributed by atoms with van der Waals surface area (Å²) in [5.74, 6) is 1.89. The van der Waals surface area contributed by atoms with Gasteiger partial charge in [0.05, 0.1) is 0 Å². The Bertz CT molecular complexity index is 1570. The largest absolute Gasteiger partial charge is 0.456 e. The average Bonchev–Trinajstić information content (AvgIpc) is 3.24. The Labute approximate surface area is 192 Å². The number of nitrogens with zero attached hydrogens (tertiary/aromatic N) is 3. The topological polar surface area (TPSA) is 51.8 Å². The van der Waals surface area contributed by atoms with Crippen molar-refractivity contribution >= 4 is 37.9 Å². The highest BCUT2D eigenvalue weighted by Crippen LogP contribution is 2.36. The number of aromatic nitrogens is 3. The minimum atomic E-state index is 0.619. The van der Waals surface area contributed by atoms with Crippen LogP contribution in [-0.4, -0.2) is 15.0 Å². The molecule has 2 heterocycles. The standard InChI is InChI=1S/C27H16BrN3O/c28-19-15-13-18(14-16-19)26-29-25(17-7-2-1-3-8-17)30-27(31-26)21-10-6-12-23-24(21)20-9-4-5-11-22(20)32-23/h1-16H. The number of fused-ring (bicyclic) bond motifs is 3. The van der Waals surface area contributed by atoms with Gasteiger partial charge < -0.3 is 4.42 Å². The summed E-state index contributed by atoms with van der Waals surface area (Å²) in [6.45, 7) is 0. The summed E-state index contributed by atoms with van der Waals surface area (Å²) in [5.41, 5.74) is 4.46. The highest BCUT2D eigenvalue weighted by atomic mass is 79.9. The quantitative estimate of drug-likeness (QED) is 0.264. The zero-order chi connectivity index (χ0) is 21.5. The Kier molecular flexibility index (Phi) is 4.55. The van der Waals surface area contributed by atoms with Crippen molar-refractivity contribution < 1.29 is 4.42 Å². The molecule has 5 heteroatoms. The molecule has 32 heavy (non-hydrogen) atoms. The van der Waals surface area contributed by atoms with Crippen molar-refractivity contribution in [3.8, 4) is 34.2 Å². The SMILES string of the molecule is Brc1ccc(-c2nc(-c3ccccc3)nc(-c3cccc4oc5ccccc5c34)n2)cc1. The molecule has 0 saturated heterocycles. The molecule has 4 aromatic carbocycles. The molecule has 0 spiro atoms. The molecular formula is C27H16BrN3O. The Hall–Kier alpha value is -3.83. The maximum Gasteiger partial charge on any atom is 0.164 e. The van der Waals surface area contributed by atoms with Crippen LogP contribution in [-0.2, 0) is 0 Å². The van der Waals surface area contributed by atoms with E-state index in [-0.39, 0.29) is 0 Å². The maximum atomic E-state index is 6.08. The first-order valence-corrected chi connectivity index (χ1v) is 11.0. The summed E-state index contributed by atoms with van der Waals surface area (Å²) in [6, 6.07) is 32.0. The van der Waals surface area contributed by atoms with Crippen molar-refractivity contribution in [3.63, 3.8) is 0 Å². The molecule has 0 unspecified atom stereocenters. The predicted octanol–water partition coefficient (Wildman–Crippen LogP) is 7.53. The molecule has 4 nitrogen and oxygen atoms in total. The van der Waals surface area contributed by atoms with E-state index in [2.05, 4.69) is 22.0 Å². The van der Waals surface area contributed by atoms with E-state index in [0.717, 1.165) is 43.1 Å². The molecule has 0 bridgehead atoms. The number of hydrogen-bond acceptors (Lipinski definition) is 4. The first-order valence-electron chi connectivity index (χ1n) is 10.2. The van der Waals surface area contributed by atoms with Gasteiger partial charge in [0.15, 0.2) is 17.5 Å². The lowest BCUT2D eigenvalue weighted by atomic mass is 10.1. The van der Waals surface area contributed by atoms with Crippen LogP contribution in [0.15, 0.2) is 106 Å². The van der Waals surface area contributed by atoms with Gasteiger partial charge in [-0.05, 0) is 24.3 Å². The lowest BCUT2D eigenvalue weighted by molar-refractivity contribution is 0.669. The number of para-hydroxylation sites is 1. The van der Waals surface area contributed by atoms with Crippen LogP contribution in [0.2, 0.25) is 0 Å². The third-order valence-corrected chi connectivity index (χ3v) is 5.94. The van der Waals surface area contributed by atoms with Crippen LogP contribution in [0.3, 0.4) is 0 Å². The second-order valence-electron chi connectivity index (χ2n) is 7.46. The highest BCUT2D eigenvalue weighted by molar-refractivity contribution is 9.10. The van der Waals surface area contributed by atoms with E-state index in [1.165, 1.54) is 0 Å². The Balaban J connectivity index is 1.64. The summed E-state index contributed by atoms with van der Waals surface area (Å²) in [7, 11) is 0. The molecular weight excluding hydrogens is 462 g/mol. The Morgan fingerprint density at radius 3 is 1.94 bits per heavy atom. The van der Waals surface area contributed by atoms with Crippen molar-refractivity contribution in [2.24, 2.45) is 0 Å². The molecule has 152 valence electrons. The van der Waals surface area contributed by atoms with Gasteiger partial charge in [-0.15, -0.1) is 0 Å².